The van der Waals surface area contributed by atoms with Gasteiger partial charge in [0.25, 0.3) is 0 Å². The SMILES string of the molecule is CCCCCCCCC(CCCC)CC(C)(C)C. The van der Waals surface area contributed by atoms with Crippen LogP contribution in [0.25, 0.3) is 0 Å². The molecule has 0 heterocycles. The number of rotatable bonds is 11. The molecule has 0 amide bonds. The molecule has 0 aromatic heterocycles. The van der Waals surface area contributed by atoms with Crippen molar-refractivity contribution in [3.8, 4) is 0 Å². The van der Waals surface area contributed by atoms with Gasteiger partial charge in [0, 0.05) is 0 Å². The van der Waals surface area contributed by atoms with Crippen LogP contribution in [0.5, 0.6) is 0 Å². The predicted octanol–water partition coefficient (Wildman–Crippen LogP) is 6.98. The van der Waals surface area contributed by atoms with Gasteiger partial charge in [-0.05, 0) is 17.8 Å². The zero-order chi connectivity index (χ0) is 13.9. The summed E-state index contributed by atoms with van der Waals surface area (Å²) >= 11 is 0. The topological polar surface area (TPSA) is 0 Å². The third-order valence-corrected chi connectivity index (χ3v) is 3.83. The summed E-state index contributed by atoms with van der Waals surface area (Å²) in [7, 11) is 0. The van der Waals surface area contributed by atoms with Crippen molar-refractivity contribution in [1.82, 2.24) is 0 Å². The average Bonchev–Trinajstić information content (AvgIpc) is 2.28. The van der Waals surface area contributed by atoms with Gasteiger partial charge in [-0.3, -0.25) is 0 Å². The van der Waals surface area contributed by atoms with E-state index >= 15 is 0 Å². The largest absolute Gasteiger partial charge is 0.0654 e. The van der Waals surface area contributed by atoms with Crippen molar-refractivity contribution in [2.24, 2.45) is 11.3 Å². The Labute approximate surface area is 117 Å². The van der Waals surface area contributed by atoms with Gasteiger partial charge in [-0.1, -0.05) is 98.8 Å². The van der Waals surface area contributed by atoms with Crippen LogP contribution in [0.2, 0.25) is 0 Å². The average molecular weight is 255 g/mol. The minimum atomic E-state index is 0.515. The van der Waals surface area contributed by atoms with Gasteiger partial charge in [-0.25, -0.2) is 0 Å². The first kappa shape index (κ1) is 18.0. The van der Waals surface area contributed by atoms with E-state index in [9.17, 15) is 0 Å². The minimum absolute atomic E-state index is 0.515. The van der Waals surface area contributed by atoms with Crippen LogP contribution in [-0.2, 0) is 0 Å². The molecule has 0 heteroatoms. The van der Waals surface area contributed by atoms with E-state index in [1.54, 1.807) is 0 Å². The smallest absolute Gasteiger partial charge is 0.0380 e. The van der Waals surface area contributed by atoms with Crippen molar-refractivity contribution in [2.45, 2.75) is 105 Å². The highest BCUT2D eigenvalue weighted by atomic mass is 14.2. The fourth-order valence-electron chi connectivity index (χ4n) is 2.92. The van der Waals surface area contributed by atoms with Crippen LogP contribution in [0.15, 0.2) is 0 Å². The summed E-state index contributed by atoms with van der Waals surface area (Å²) in [6.07, 6.45) is 15.8. The zero-order valence-electron chi connectivity index (χ0n) is 13.9. The van der Waals surface area contributed by atoms with E-state index in [-0.39, 0.29) is 0 Å². The summed E-state index contributed by atoms with van der Waals surface area (Å²) in [5.41, 5.74) is 0.515. The van der Waals surface area contributed by atoms with E-state index in [1.165, 1.54) is 70.6 Å². The van der Waals surface area contributed by atoms with E-state index in [0.29, 0.717) is 5.41 Å². The maximum atomic E-state index is 2.40. The highest BCUT2D eigenvalue weighted by Gasteiger charge is 2.17. The standard InChI is InChI=1S/C18H38/c1-6-8-10-11-12-13-15-17(14-9-7-2)16-18(3,4)5/h17H,6-16H2,1-5H3. The van der Waals surface area contributed by atoms with Crippen LogP contribution in [0.1, 0.15) is 105 Å². The molecule has 0 radical (unpaired) electrons. The molecule has 0 aliphatic rings. The Kier molecular flexibility index (Phi) is 10.9. The van der Waals surface area contributed by atoms with Gasteiger partial charge in [0.05, 0.1) is 0 Å². The minimum Gasteiger partial charge on any atom is -0.0654 e. The first-order valence-electron chi connectivity index (χ1n) is 8.49. The summed E-state index contributed by atoms with van der Waals surface area (Å²) in [6, 6.07) is 0. The second-order valence-corrected chi connectivity index (χ2v) is 7.33. The lowest BCUT2D eigenvalue weighted by molar-refractivity contribution is 0.261. The third kappa shape index (κ3) is 12.5. The van der Waals surface area contributed by atoms with Crippen LogP contribution in [0, 0.1) is 11.3 Å². The summed E-state index contributed by atoms with van der Waals surface area (Å²) in [5, 5.41) is 0. The van der Waals surface area contributed by atoms with Gasteiger partial charge in [0.2, 0.25) is 0 Å². The van der Waals surface area contributed by atoms with E-state index in [0.717, 1.165) is 5.92 Å². The van der Waals surface area contributed by atoms with E-state index in [1.807, 2.05) is 0 Å². The molecule has 0 aliphatic carbocycles. The molecule has 0 fully saturated rings. The van der Waals surface area contributed by atoms with Crippen LogP contribution < -0.4 is 0 Å². The zero-order valence-corrected chi connectivity index (χ0v) is 13.9. The molecule has 0 nitrogen and oxygen atoms in total. The van der Waals surface area contributed by atoms with Crippen molar-refractivity contribution in [1.29, 1.82) is 0 Å². The molecule has 110 valence electrons. The molecular weight excluding hydrogens is 216 g/mol. The van der Waals surface area contributed by atoms with E-state index in [4.69, 9.17) is 0 Å². The Balaban J connectivity index is 3.72. The Morgan fingerprint density at radius 2 is 1.17 bits per heavy atom. The molecule has 0 N–H and O–H groups in total. The molecular formula is C18H38. The lowest BCUT2D eigenvalue weighted by atomic mass is 9.80. The van der Waals surface area contributed by atoms with Crippen molar-refractivity contribution in [2.75, 3.05) is 0 Å². The van der Waals surface area contributed by atoms with Gasteiger partial charge in [0.1, 0.15) is 0 Å². The highest BCUT2D eigenvalue weighted by Crippen LogP contribution is 2.31. The van der Waals surface area contributed by atoms with E-state index < -0.39 is 0 Å². The fourth-order valence-corrected chi connectivity index (χ4v) is 2.92. The van der Waals surface area contributed by atoms with Crippen LogP contribution in [0.4, 0.5) is 0 Å². The Bertz CT molecular complexity index is 163. The molecule has 0 aliphatic heterocycles. The maximum Gasteiger partial charge on any atom is -0.0380 e. The first-order valence-corrected chi connectivity index (χ1v) is 8.49. The first-order chi connectivity index (χ1) is 8.49. The van der Waals surface area contributed by atoms with Gasteiger partial charge in [0.15, 0.2) is 0 Å². The molecule has 0 saturated heterocycles. The quantitative estimate of drug-likeness (QED) is 0.349. The monoisotopic (exact) mass is 254 g/mol. The Morgan fingerprint density at radius 3 is 1.72 bits per heavy atom. The lowest BCUT2D eigenvalue weighted by Crippen LogP contribution is -2.13. The van der Waals surface area contributed by atoms with Crippen LogP contribution >= 0.6 is 0 Å². The number of unbranched alkanes of at least 4 members (excludes halogenated alkanes) is 6. The van der Waals surface area contributed by atoms with Crippen molar-refractivity contribution in [3.63, 3.8) is 0 Å². The van der Waals surface area contributed by atoms with Crippen LogP contribution in [0.3, 0.4) is 0 Å². The van der Waals surface area contributed by atoms with Gasteiger partial charge < -0.3 is 0 Å². The molecule has 1 atom stereocenters. The molecule has 0 spiro atoms. The van der Waals surface area contributed by atoms with E-state index in [2.05, 4.69) is 34.6 Å². The summed E-state index contributed by atoms with van der Waals surface area (Å²) in [5.74, 6) is 0.983. The second-order valence-electron chi connectivity index (χ2n) is 7.33. The third-order valence-electron chi connectivity index (χ3n) is 3.83. The molecule has 18 heavy (non-hydrogen) atoms. The Morgan fingerprint density at radius 1 is 0.667 bits per heavy atom. The molecule has 0 rings (SSSR count). The van der Waals surface area contributed by atoms with Crippen LogP contribution in [-0.4, -0.2) is 0 Å². The van der Waals surface area contributed by atoms with Crippen molar-refractivity contribution < 1.29 is 0 Å². The number of hydrogen-bond acceptors (Lipinski definition) is 0. The lowest BCUT2D eigenvalue weighted by Gasteiger charge is -2.26. The number of hydrogen-bond donors (Lipinski definition) is 0. The Hall–Kier alpha value is 0. The van der Waals surface area contributed by atoms with Gasteiger partial charge >= 0.3 is 0 Å². The van der Waals surface area contributed by atoms with Gasteiger partial charge in [-0.2, -0.15) is 0 Å². The molecule has 0 aromatic carbocycles. The second kappa shape index (κ2) is 10.9. The summed E-state index contributed by atoms with van der Waals surface area (Å²) in [6.45, 7) is 11.8. The van der Waals surface area contributed by atoms with Crippen molar-refractivity contribution >= 4 is 0 Å². The molecule has 0 bridgehead atoms. The van der Waals surface area contributed by atoms with Crippen molar-refractivity contribution in [3.05, 3.63) is 0 Å². The predicted molar refractivity (Wildman–Crippen MR) is 85.1 cm³/mol. The molecule has 0 saturated carbocycles. The highest BCUT2D eigenvalue weighted by molar-refractivity contribution is 4.69. The normalized spacial score (nSPS) is 13.8. The molecule has 0 aromatic rings. The fraction of sp³-hybridized carbons (Fsp3) is 1.00. The molecule has 1 unspecified atom stereocenters. The summed E-state index contributed by atoms with van der Waals surface area (Å²) in [4.78, 5) is 0. The maximum absolute atomic E-state index is 2.40. The summed E-state index contributed by atoms with van der Waals surface area (Å²) < 4.78 is 0. The van der Waals surface area contributed by atoms with Gasteiger partial charge in [-0.15, -0.1) is 0 Å².